The molecule has 1 unspecified atom stereocenters. The molecule has 4 rings (SSSR count). The largest absolute Gasteiger partial charge is 0.378 e. The third-order valence-corrected chi connectivity index (χ3v) is 4.54. The summed E-state index contributed by atoms with van der Waals surface area (Å²) < 4.78 is 18.6. The van der Waals surface area contributed by atoms with Gasteiger partial charge in [-0.1, -0.05) is 0 Å². The molecule has 7 nitrogen and oxygen atoms in total. The minimum Gasteiger partial charge on any atom is -0.378 e. The maximum absolute atomic E-state index is 5.75. The van der Waals surface area contributed by atoms with Crippen molar-refractivity contribution >= 4 is 5.69 Å². The Bertz CT molecular complexity index is 689. The van der Waals surface area contributed by atoms with E-state index >= 15 is 0 Å². The molecular weight excluding hydrogens is 320 g/mol. The Kier molecular flexibility index (Phi) is 4.96. The van der Waals surface area contributed by atoms with Gasteiger partial charge in [-0.2, -0.15) is 5.10 Å². The van der Waals surface area contributed by atoms with Crippen molar-refractivity contribution in [1.29, 1.82) is 0 Å². The van der Waals surface area contributed by atoms with E-state index < -0.39 is 0 Å². The second kappa shape index (κ2) is 7.51. The van der Waals surface area contributed by atoms with Gasteiger partial charge in [0.25, 0.3) is 0 Å². The molecule has 0 spiro atoms. The van der Waals surface area contributed by atoms with Crippen LogP contribution in [0.1, 0.15) is 5.82 Å². The zero-order valence-electron chi connectivity index (χ0n) is 14.6. The zero-order chi connectivity index (χ0) is 17.1. The molecule has 0 amide bonds. The van der Waals surface area contributed by atoms with E-state index in [1.165, 1.54) is 5.69 Å². The molecule has 3 heterocycles. The number of aryl methyl sites for hydroxylation is 1. The Labute approximate surface area is 147 Å². The molecule has 25 heavy (non-hydrogen) atoms. The van der Waals surface area contributed by atoms with Crippen molar-refractivity contribution < 1.29 is 14.2 Å². The smallest absolute Gasteiger partial charge is 0.158 e. The van der Waals surface area contributed by atoms with Crippen molar-refractivity contribution in [2.45, 2.75) is 19.6 Å². The van der Waals surface area contributed by atoms with Gasteiger partial charge in [0.2, 0.25) is 0 Å². The summed E-state index contributed by atoms with van der Waals surface area (Å²) in [5, 5.41) is 4.54. The predicted octanol–water partition coefficient (Wildman–Crippen LogP) is 1.51. The maximum atomic E-state index is 5.75. The number of rotatable bonds is 4. The van der Waals surface area contributed by atoms with E-state index in [-0.39, 0.29) is 6.10 Å². The summed E-state index contributed by atoms with van der Waals surface area (Å²) in [5.41, 5.74) is 2.29. The normalized spacial score (nSPS) is 21.5. The molecule has 1 aromatic heterocycles. The van der Waals surface area contributed by atoms with Crippen LogP contribution in [-0.2, 0) is 20.8 Å². The van der Waals surface area contributed by atoms with Gasteiger partial charge in [0, 0.05) is 24.3 Å². The molecule has 2 aromatic rings. The summed E-state index contributed by atoms with van der Waals surface area (Å²) in [7, 11) is 0. The van der Waals surface area contributed by atoms with Gasteiger partial charge in [0.1, 0.15) is 11.9 Å². The molecule has 2 aliphatic rings. The monoisotopic (exact) mass is 344 g/mol. The van der Waals surface area contributed by atoms with Crippen LogP contribution in [0.5, 0.6) is 0 Å². The Balaban J connectivity index is 1.52. The van der Waals surface area contributed by atoms with Crippen molar-refractivity contribution in [2.24, 2.45) is 0 Å². The molecule has 0 aliphatic carbocycles. The molecule has 2 fully saturated rings. The first-order valence-corrected chi connectivity index (χ1v) is 8.83. The third-order valence-electron chi connectivity index (χ3n) is 4.54. The SMILES string of the molecule is Cc1nc(-c2ccc(N3CCOCC3)cc2)n(CC2COCCO2)n1. The summed E-state index contributed by atoms with van der Waals surface area (Å²) >= 11 is 0. The fraction of sp³-hybridized carbons (Fsp3) is 0.556. The number of hydrogen-bond donors (Lipinski definition) is 0. The molecule has 2 saturated heterocycles. The lowest BCUT2D eigenvalue weighted by molar-refractivity contribution is -0.0945. The standard InChI is InChI=1S/C18H24N4O3/c1-14-19-18(22(20-14)12-17-13-24-10-11-25-17)15-2-4-16(5-3-15)21-6-8-23-9-7-21/h2-5,17H,6-13H2,1H3. The van der Waals surface area contributed by atoms with Gasteiger partial charge < -0.3 is 19.1 Å². The highest BCUT2D eigenvalue weighted by atomic mass is 16.6. The first-order chi connectivity index (χ1) is 12.3. The molecule has 0 N–H and O–H groups in total. The fourth-order valence-electron chi connectivity index (χ4n) is 3.27. The average Bonchev–Trinajstić information content (AvgIpc) is 3.03. The van der Waals surface area contributed by atoms with Crippen molar-refractivity contribution in [1.82, 2.24) is 14.8 Å². The van der Waals surface area contributed by atoms with Gasteiger partial charge in [0.05, 0.1) is 39.6 Å². The first kappa shape index (κ1) is 16.5. The van der Waals surface area contributed by atoms with E-state index in [0.29, 0.717) is 26.4 Å². The topological polar surface area (TPSA) is 61.6 Å². The van der Waals surface area contributed by atoms with Crippen LogP contribution < -0.4 is 4.90 Å². The molecule has 2 aliphatic heterocycles. The van der Waals surface area contributed by atoms with E-state index in [2.05, 4.69) is 39.2 Å². The summed E-state index contributed by atoms with van der Waals surface area (Å²) in [6.45, 7) is 7.94. The number of morpholine rings is 1. The van der Waals surface area contributed by atoms with E-state index in [1.807, 2.05) is 11.6 Å². The maximum Gasteiger partial charge on any atom is 0.158 e. The lowest BCUT2D eigenvalue weighted by atomic mass is 10.1. The highest BCUT2D eigenvalue weighted by molar-refractivity contribution is 5.60. The Morgan fingerprint density at radius 1 is 1.04 bits per heavy atom. The summed E-state index contributed by atoms with van der Waals surface area (Å²) in [6.07, 6.45) is 0.0289. The predicted molar refractivity (Wildman–Crippen MR) is 93.8 cm³/mol. The lowest BCUT2D eigenvalue weighted by Gasteiger charge is -2.28. The molecular formula is C18H24N4O3. The molecule has 134 valence electrons. The van der Waals surface area contributed by atoms with Crippen LogP contribution in [-0.4, -0.2) is 67.0 Å². The molecule has 0 bridgehead atoms. The van der Waals surface area contributed by atoms with Crippen LogP contribution in [0.4, 0.5) is 5.69 Å². The van der Waals surface area contributed by atoms with E-state index in [0.717, 1.165) is 43.5 Å². The highest BCUT2D eigenvalue weighted by Gasteiger charge is 2.19. The number of benzene rings is 1. The number of nitrogens with zero attached hydrogens (tertiary/aromatic N) is 4. The second-order valence-corrected chi connectivity index (χ2v) is 6.38. The second-order valence-electron chi connectivity index (χ2n) is 6.38. The van der Waals surface area contributed by atoms with Crippen LogP contribution in [0.2, 0.25) is 0 Å². The minimum absolute atomic E-state index is 0.0289. The average molecular weight is 344 g/mol. The Morgan fingerprint density at radius 2 is 1.84 bits per heavy atom. The summed E-state index contributed by atoms with van der Waals surface area (Å²) in [4.78, 5) is 6.95. The van der Waals surface area contributed by atoms with Gasteiger partial charge in [-0.3, -0.25) is 0 Å². The van der Waals surface area contributed by atoms with Crippen LogP contribution in [0.15, 0.2) is 24.3 Å². The molecule has 1 atom stereocenters. The first-order valence-electron chi connectivity index (χ1n) is 8.83. The number of ether oxygens (including phenoxy) is 3. The number of aromatic nitrogens is 3. The zero-order valence-corrected chi connectivity index (χ0v) is 14.6. The van der Waals surface area contributed by atoms with Gasteiger partial charge in [0.15, 0.2) is 5.82 Å². The van der Waals surface area contributed by atoms with Crippen molar-refractivity contribution in [2.75, 3.05) is 51.0 Å². The highest BCUT2D eigenvalue weighted by Crippen LogP contribution is 2.23. The Morgan fingerprint density at radius 3 is 2.56 bits per heavy atom. The third kappa shape index (κ3) is 3.84. The van der Waals surface area contributed by atoms with Crippen LogP contribution in [0, 0.1) is 6.92 Å². The van der Waals surface area contributed by atoms with E-state index in [1.54, 1.807) is 0 Å². The van der Waals surface area contributed by atoms with Crippen molar-refractivity contribution in [3.05, 3.63) is 30.1 Å². The summed E-state index contributed by atoms with van der Waals surface area (Å²) in [5.74, 6) is 1.64. The molecule has 0 radical (unpaired) electrons. The van der Waals surface area contributed by atoms with E-state index in [9.17, 15) is 0 Å². The van der Waals surface area contributed by atoms with Gasteiger partial charge in [-0.15, -0.1) is 0 Å². The fourth-order valence-corrected chi connectivity index (χ4v) is 3.27. The van der Waals surface area contributed by atoms with Crippen molar-refractivity contribution in [3.63, 3.8) is 0 Å². The minimum atomic E-state index is 0.0289. The van der Waals surface area contributed by atoms with Gasteiger partial charge in [-0.25, -0.2) is 9.67 Å². The lowest BCUT2D eigenvalue weighted by Crippen LogP contribution is -2.36. The molecule has 0 saturated carbocycles. The van der Waals surface area contributed by atoms with Gasteiger partial charge in [-0.05, 0) is 31.2 Å². The van der Waals surface area contributed by atoms with Gasteiger partial charge >= 0.3 is 0 Å². The van der Waals surface area contributed by atoms with Crippen LogP contribution in [0.25, 0.3) is 11.4 Å². The van der Waals surface area contributed by atoms with Crippen LogP contribution in [0.3, 0.4) is 0 Å². The number of anilines is 1. The quantitative estimate of drug-likeness (QED) is 0.838. The van der Waals surface area contributed by atoms with Crippen LogP contribution >= 0.6 is 0 Å². The molecule has 1 aromatic carbocycles. The number of hydrogen-bond acceptors (Lipinski definition) is 6. The van der Waals surface area contributed by atoms with E-state index in [4.69, 9.17) is 14.2 Å². The summed E-state index contributed by atoms with van der Waals surface area (Å²) in [6, 6.07) is 8.52. The Hall–Kier alpha value is -1.96. The van der Waals surface area contributed by atoms with Crippen molar-refractivity contribution in [3.8, 4) is 11.4 Å². The molecule has 7 heteroatoms.